The molecule has 106 valence electrons. The van der Waals surface area contributed by atoms with E-state index in [0.717, 1.165) is 11.8 Å². The number of para-hydroxylation sites is 1. The van der Waals surface area contributed by atoms with Crippen molar-refractivity contribution in [1.29, 1.82) is 0 Å². The fraction of sp³-hybridized carbons (Fsp3) is 0.0625. The lowest BCUT2D eigenvalue weighted by molar-refractivity contribution is -0.122. The van der Waals surface area contributed by atoms with Crippen LogP contribution in [0.15, 0.2) is 72.0 Å². The summed E-state index contributed by atoms with van der Waals surface area (Å²) in [7, 11) is 0. The maximum absolute atomic E-state index is 13.2. The van der Waals surface area contributed by atoms with Crippen LogP contribution in [0, 0.1) is 0 Å². The number of anilines is 1. The Morgan fingerprint density at radius 2 is 1.52 bits per heavy atom. The third-order valence-corrected chi connectivity index (χ3v) is 3.16. The number of rotatable bonds is 1. The quantitative estimate of drug-likeness (QED) is 0.713. The number of hydrogen-bond donors (Lipinski definition) is 0. The molecule has 0 saturated heterocycles. The first-order valence-corrected chi connectivity index (χ1v) is 6.33. The maximum atomic E-state index is 13.2. The molecule has 0 aromatic heterocycles. The monoisotopic (exact) mass is 288 g/mol. The predicted molar refractivity (Wildman–Crippen MR) is 76.2 cm³/mol. The van der Waals surface area contributed by atoms with Gasteiger partial charge in [-0.05, 0) is 6.07 Å². The molecule has 0 saturated carbocycles. The van der Waals surface area contributed by atoms with Crippen LogP contribution in [0.4, 0.5) is 18.9 Å². The largest absolute Gasteiger partial charge is 0.488 e. The minimum atomic E-state index is -4.49. The van der Waals surface area contributed by atoms with E-state index in [-0.39, 0.29) is 10.6 Å². The normalized spacial score (nSPS) is 14.4. The average Bonchev–Trinajstić information content (AvgIpc) is 2.67. The van der Waals surface area contributed by atoms with Crippen LogP contribution >= 0.6 is 0 Å². The highest BCUT2D eigenvalue weighted by Crippen LogP contribution is 2.34. The van der Waals surface area contributed by atoms with E-state index in [4.69, 9.17) is 0 Å². The summed E-state index contributed by atoms with van der Waals surface area (Å²) in [5.41, 5.74) is 1.82. The molecule has 2 aromatic carbocycles. The number of nitrogens with zero attached hydrogens (tertiary/aromatic N) is 2. The Morgan fingerprint density at radius 3 is 2.24 bits per heavy atom. The van der Waals surface area contributed by atoms with Crippen LogP contribution < -0.4 is 4.90 Å². The molecule has 0 N–H and O–H groups in total. The van der Waals surface area contributed by atoms with Gasteiger partial charge in [-0.3, -0.25) is 9.89 Å². The zero-order valence-corrected chi connectivity index (χ0v) is 10.9. The van der Waals surface area contributed by atoms with Crippen molar-refractivity contribution in [2.24, 2.45) is 4.99 Å². The van der Waals surface area contributed by atoms with Crippen LogP contribution in [0.2, 0.25) is 0 Å². The molecule has 3 rings (SSSR count). The second-order valence-electron chi connectivity index (χ2n) is 4.50. The third kappa shape index (κ3) is 2.54. The van der Waals surface area contributed by atoms with Crippen molar-refractivity contribution in [2.75, 3.05) is 4.90 Å². The van der Waals surface area contributed by atoms with E-state index >= 15 is 0 Å². The van der Waals surface area contributed by atoms with Gasteiger partial charge < -0.3 is 0 Å². The molecule has 5 heteroatoms. The third-order valence-electron chi connectivity index (χ3n) is 3.16. The van der Waals surface area contributed by atoms with Gasteiger partial charge in [-0.15, -0.1) is 13.2 Å². The zero-order chi connectivity index (χ0) is 14.9. The minimum Gasteiger partial charge on any atom is -0.257 e. The summed E-state index contributed by atoms with van der Waals surface area (Å²) in [6.07, 6.45) is -2.38. The van der Waals surface area contributed by atoms with E-state index < -0.39 is 6.30 Å². The molecule has 0 unspecified atom stereocenters. The summed E-state index contributed by atoms with van der Waals surface area (Å²) in [5.74, 6) is 0. The van der Waals surface area contributed by atoms with E-state index in [2.05, 4.69) is 4.99 Å². The summed E-state index contributed by atoms with van der Waals surface area (Å²) < 4.78 is 39.5. The van der Waals surface area contributed by atoms with Crippen molar-refractivity contribution < 1.29 is 13.2 Å². The molecule has 0 atom stereocenters. The van der Waals surface area contributed by atoms with Crippen molar-refractivity contribution in [3.63, 3.8) is 0 Å². The standard InChI is InChI=1S/C16H11F3N2/c17-16(18,19)21-11-10-20-15(12-6-2-1-3-7-12)13-8-4-5-9-14(13)21/h1-11H. The number of hydrogen-bond acceptors (Lipinski definition) is 2. The molecule has 1 aliphatic rings. The number of aliphatic imine (C=N–C) groups is 1. The summed E-state index contributed by atoms with van der Waals surface area (Å²) >= 11 is 0. The SMILES string of the molecule is FC(F)(F)N1C=CN=C(c2ccccc2)c2ccccc21. The Balaban J connectivity index is 2.18. The highest BCUT2D eigenvalue weighted by atomic mass is 19.4. The molecule has 2 aromatic rings. The van der Waals surface area contributed by atoms with Gasteiger partial charge in [0.25, 0.3) is 0 Å². The first-order chi connectivity index (χ1) is 10.1. The molecule has 0 radical (unpaired) electrons. The Labute approximate surface area is 119 Å². The van der Waals surface area contributed by atoms with Crippen LogP contribution in [0.5, 0.6) is 0 Å². The summed E-state index contributed by atoms with van der Waals surface area (Å²) in [4.78, 5) is 4.47. The maximum Gasteiger partial charge on any atom is 0.488 e. The van der Waals surface area contributed by atoms with Crippen LogP contribution in [0.1, 0.15) is 11.1 Å². The Bertz CT molecular complexity index is 703. The summed E-state index contributed by atoms with van der Waals surface area (Å²) in [5, 5.41) is 0. The first-order valence-electron chi connectivity index (χ1n) is 6.33. The summed E-state index contributed by atoms with van der Waals surface area (Å²) in [6, 6.07) is 15.5. The fourth-order valence-electron chi connectivity index (χ4n) is 2.26. The predicted octanol–water partition coefficient (Wildman–Crippen LogP) is 4.34. The fourth-order valence-corrected chi connectivity index (χ4v) is 2.26. The van der Waals surface area contributed by atoms with Crippen molar-refractivity contribution in [3.05, 3.63) is 78.1 Å². The van der Waals surface area contributed by atoms with Gasteiger partial charge in [-0.2, -0.15) is 0 Å². The smallest absolute Gasteiger partial charge is 0.257 e. The molecular weight excluding hydrogens is 277 g/mol. The Hall–Kier alpha value is -2.56. The molecule has 0 spiro atoms. The second kappa shape index (κ2) is 5.09. The topological polar surface area (TPSA) is 15.6 Å². The molecule has 0 fully saturated rings. The first kappa shape index (κ1) is 13.4. The van der Waals surface area contributed by atoms with Gasteiger partial charge in [0.15, 0.2) is 0 Å². The minimum absolute atomic E-state index is 0.0707. The number of fused-ring (bicyclic) bond motifs is 1. The van der Waals surface area contributed by atoms with Crippen molar-refractivity contribution in [1.82, 2.24) is 0 Å². The van der Waals surface area contributed by atoms with E-state index in [1.54, 1.807) is 18.2 Å². The van der Waals surface area contributed by atoms with Crippen molar-refractivity contribution >= 4 is 11.4 Å². The Kier molecular flexibility index (Phi) is 3.25. The molecule has 2 nitrogen and oxygen atoms in total. The molecule has 1 aliphatic heterocycles. The van der Waals surface area contributed by atoms with Gasteiger partial charge in [-0.1, -0.05) is 48.5 Å². The van der Waals surface area contributed by atoms with Gasteiger partial charge in [0.1, 0.15) is 0 Å². The zero-order valence-electron chi connectivity index (χ0n) is 10.9. The van der Waals surface area contributed by atoms with E-state index in [1.807, 2.05) is 30.3 Å². The molecular formula is C16H11F3N2. The highest BCUT2D eigenvalue weighted by Gasteiger charge is 2.38. The van der Waals surface area contributed by atoms with Gasteiger partial charge in [0.2, 0.25) is 0 Å². The average molecular weight is 288 g/mol. The molecule has 21 heavy (non-hydrogen) atoms. The lowest BCUT2D eigenvalue weighted by atomic mass is 10.0. The number of alkyl halides is 3. The Morgan fingerprint density at radius 1 is 0.857 bits per heavy atom. The van der Waals surface area contributed by atoms with Gasteiger partial charge in [0.05, 0.1) is 11.4 Å². The van der Waals surface area contributed by atoms with Crippen LogP contribution in [-0.2, 0) is 0 Å². The van der Waals surface area contributed by atoms with Gasteiger partial charge >= 0.3 is 6.30 Å². The van der Waals surface area contributed by atoms with E-state index in [9.17, 15) is 13.2 Å². The van der Waals surface area contributed by atoms with Crippen LogP contribution in [0.3, 0.4) is 0 Å². The van der Waals surface area contributed by atoms with Crippen LogP contribution in [-0.4, -0.2) is 12.0 Å². The van der Waals surface area contributed by atoms with Crippen LogP contribution in [0.25, 0.3) is 0 Å². The molecule has 0 aliphatic carbocycles. The lowest BCUT2D eigenvalue weighted by Gasteiger charge is -2.24. The van der Waals surface area contributed by atoms with Crippen molar-refractivity contribution in [2.45, 2.75) is 6.30 Å². The van der Waals surface area contributed by atoms with E-state index in [1.165, 1.54) is 12.3 Å². The number of halogens is 3. The van der Waals surface area contributed by atoms with Gasteiger partial charge in [0, 0.05) is 23.5 Å². The number of benzene rings is 2. The highest BCUT2D eigenvalue weighted by molar-refractivity contribution is 6.16. The van der Waals surface area contributed by atoms with Crippen molar-refractivity contribution in [3.8, 4) is 0 Å². The lowest BCUT2D eigenvalue weighted by Crippen LogP contribution is -2.33. The molecule has 1 heterocycles. The summed E-state index contributed by atoms with van der Waals surface area (Å²) in [6.45, 7) is 0. The second-order valence-corrected chi connectivity index (χ2v) is 4.50. The molecule has 0 bridgehead atoms. The van der Waals surface area contributed by atoms with E-state index in [0.29, 0.717) is 11.3 Å². The van der Waals surface area contributed by atoms with Gasteiger partial charge in [-0.25, -0.2) is 0 Å². The molecule has 0 amide bonds.